The average molecular weight is 439 g/mol. The molecule has 0 saturated heterocycles. The highest BCUT2D eigenvalue weighted by atomic mass is 32.2. The van der Waals surface area contributed by atoms with E-state index < -0.39 is 27.5 Å². The lowest BCUT2D eigenvalue weighted by Crippen LogP contribution is -2.14. The number of hydrogen-bond donors (Lipinski definition) is 0. The molecule has 30 heavy (non-hydrogen) atoms. The van der Waals surface area contributed by atoms with E-state index in [0.29, 0.717) is 22.8 Å². The van der Waals surface area contributed by atoms with Crippen LogP contribution in [0.15, 0.2) is 47.4 Å². The topological polar surface area (TPSA) is 65.4 Å². The second kappa shape index (κ2) is 7.79. The standard InChI is InChI=1S/C21H20F3NO4S/c1-13-18(12-29-14(2)26)17-6-4-5-7-20(17)25(13)11-15-8-9-16(30(3,27)28)10-19(15)21(22,23)24/h4-10H,11-12H2,1-3H3. The first kappa shape index (κ1) is 21.9. The van der Waals surface area contributed by atoms with Crippen LogP contribution in [0.5, 0.6) is 0 Å². The molecule has 0 aliphatic rings. The number of alkyl halides is 3. The Balaban J connectivity index is 2.15. The van der Waals surface area contributed by atoms with Gasteiger partial charge in [0.2, 0.25) is 0 Å². The molecule has 1 heterocycles. The van der Waals surface area contributed by atoms with E-state index in [0.717, 1.165) is 11.6 Å². The van der Waals surface area contributed by atoms with Crippen molar-refractivity contribution in [2.75, 3.05) is 6.26 Å². The lowest BCUT2D eigenvalue weighted by atomic mass is 10.1. The Morgan fingerprint density at radius 2 is 1.80 bits per heavy atom. The number of aromatic nitrogens is 1. The Morgan fingerprint density at radius 3 is 2.40 bits per heavy atom. The summed E-state index contributed by atoms with van der Waals surface area (Å²) >= 11 is 0. The van der Waals surface area contributed by atoms with E-state index in [1.54, 1.807) is 29.7 Å². The number of sulfone groups is 1. The number of halogens is 3. The van der Waals surface area contributed by atoms with Crippen LogP contribution in [0.25, 0.3) is 10.9 Å². The first-order chi connectivity index (χ1) is 13.9. The lowest BCUT2D eigenvalue weighted by molar-refractivity contribution is -0.142. The summed E-state index contributed by atoms with van der Waals surface area (Å²) in [6.07, 6.45) is -3.85. The van der Waals surface area contributed by atoms with E-state index in [4.69, 9.17) is 4.74 Å². The van der Waals surface area contributed by atoms with Crippen LogP contribution in [0, 0.1) is 6.92 Å². The maximum absolute atomic E-state index is 13.7. The molecule has 0 aliphatic heterocycles. The third kappa shape index (κ3) is 4.35. The quantitative estimate of drug-likeness (QED) is 0.550. The fraction of sp³-hybridized carbons (Fsp3) is 0.286. The van der Waals surface area contributed by atoms with Crippen LogP contribution < -0.4 is 0 Å². The van der Waals surface area contributed by atoms with Gasteiger partial charge in [0.25, 0.3) is 0 Å². The van der Waals surface area contributed by atoms with Crippen LogP contribution >= 0.6 is 0 Å². The van der Waals surface area contributed by atoms with Crippen molar-refractivity contribution in [1.29, 1.82) is 0 Å². The number of carbonyl (C=O) groups excluding carboxylic acids is 1. The van der Waals surface area contributed by atoms with Gasteiger partial charge in [-0.05, 0) is 30.7 Å². The summed E-state index contributed by atoms with van der Waals surface area (Å²) in [5, 5.41) is 0.776. The normalized spacial score (nSPS) is 12.3. The summed E-state index contributed by atoms with van der Waals surface area (Å²) in [7, 11) is -3.78. The zero-order valence-electron chi connectivity index (χ0n) is 16.6. The monoisotopic (exact) mass is 439 g/mol. The predicted octanol–water partition coefficient (Wildman–Crippen LogP) is 4.48. The maximum atomic E-state index is 13.7. The second-order valence-corrected chi connectivity index (χ2v) is 9.05. The fourth-order valence-electron chi connectivity index (χ4n) is 3.42. The Hall–Kier alpha value is -2.81. The zero-order valence-corrected chi connectivity index (χ0v) is 17.4. The molecule has 2 aromatic carbocycles. The predicted molar refractivity (Wildman–Crippen MR) is 106 cm³/mol. The number of fused-ring (bicyclic) bond motifs is 1. The molecular formula is C21H20F3NO4S. The van der Waals surface area contributed by atoms with Crippen molar-refractivity contribution in [3.05, 3.63) is 64.8 Å². The van der Waals surface area contributed by atoms with Gasteiger partial charge in [0, 0.05) is 41.9 Å². The van der Waals surface area contributed by atoms with Gasteiger partial charge in [0.05, 0.1) is 10.5 Å². The lowest BCUT2D eigenvalue weighted by Gasteiger charge is -2.16. The molecule has 0 atom stereocenters. The molecule has 0 unspecified atom stereocenters. The number of nitrogens with zero attached hydrogens (tertiary/aromatic N) is 1. The number of rotatable bonds is 5. The summed E-state index contributed by atoms with van der Waals surface area (Å²) < 4.78 is 71.3. The number of hydrogen-bond acceptors (Lipinski definition) is 4. The van der Waals surface area contributed by atoms with Crippen molar-refractivity contribution < 1.29 is 31.1 Å². The van der Waals surface area contributed by atoms with Gasteiger partial charge < -0.3 is 9.30 Å². The van der Waals surface area contributed by atoms with Gasteiger partial charge in [0.1, 0.15) is 6.61 Å². The first-order valence-corrected chi connectivity index (χ1v) is 10.9. The molecule has 0 spiro atoms. The molecule has 9 heteroatoms. The molecule has 0 aliphatic carbocycles. The third-order valence-corrected chi connectivity index (χ3v) is 6.03. The number of ether oxygens (including phenoxy) is 1. The van der Waals surface area contributed by atoms with Crippen LogP contribution in [0.1, 0.15) is 29.3 Å². The van der Waals surface area contributed by atoms with E-state index in [-0.39, 0.29) is 23.6 Å². The van der Waals surface area contributed by atoms with Crippen molar-refractivity contribution in [2.45, 2.75) is 38.1 Å². The largest absolute Gasteiger partial charge is 0.461 e. The van der Waals surface area contributed by atoms with Crippen LogP contribution in [0.3, 0.4) is 0 Å². The fourth-order valence-corrected chi connectivity index (χ4v) is 4.07. The number of carbonyl (C=O) groups is 1. The van der Waals surface area contributed by atoms with Crippen molar-refractivity contribution in [3.8, 4) is 0 Å². The average Bonchev–Trinajstić information content (AvgIpc) is 2.90. The highest BCUT2D eigenvalue weighted by Crippen LogP contribution is 2.35. The van der Waals surface area contributed by atoms with Gasteiger partial charge >= 0.3 is 12.1 Å². The molecule has 5 nitrogen and oxygen atoms in total. The van der Waals surface area contributed by atoms with Gasteiger partial charge in [-0.2, -0.15) is 13.2 Å². The molecule has 0 saturated carbocycles. The molecule has 1 aromatic heterocycles. The molecular weight excluding hydrogens is 419 g/mol. The zero-order chi connectivity index (χ0) is 22.3. The van der Waals surface area contributed by atoms with E-state index in [9.17, 15) is 26.4 Å². The van der Waals surface area contributed by atoms with Gasteiger partial charge in [0.15, 0.2) is 9.84 Å². The van der Waals surface area contributed by atoms with E-state index in [1.165, 1.54) is 19.1 Å². The third-order valence-electron chi connectivity index (χ3n) is 4.92. The molecule has 0 amide bonds. The Morgan fingerprint density at radius 1 is 1.13 bits per heavy atom. The molecule has 0 N–H and O–H groups in total. The molecule has 0 radical (unpaired) electrons. The smallest absolute Gasteiger partial charge is 0.416 e. The SMILES string of the molecule is CC(=O)OCc1c(C)n(Cc2ccc(S(C)(=O)=O)cc2C(F)(F)F)c2ccccc12. The minimum atomic E-state index is -4.71. The number of benzene rings is 2. The van der Waals surface area contributed by atoms with Crippen LogP contribution in [-0.4, -0.2) is 25.2 Å². The molecule has 3 aromatic rings. The van der Waals surface area contributed by atoms with E-state index in [2.05, 4.69) is 0 Å². The maximum Gasteiger partial charge on any atom is 0.416 e. The summed E-state index contributed by atoms with van der Waals surface area (Å²) in [6, 6.07) is 10.2. The van der Waals surface area contributed by atoms with Gasteiger partial charge in [-0.15, -0.1) is 0 Å². The van der Waals surface area contributed by atoms with E-state index >= 15 is 0 Å². The van der Waals surface area contributed by atoms with Crippen LogP contribution in [-0.2, 0) is 38.7 Å². The van der Waals surface area contributed by atoms with Crippen LogP contribution in [0.2, 0.25) is 0 Å². The highest BCUT2D eigenvalue weighted by Gasteiger charge is 2.34. The Labute approximate surface area is 172 Å². The van der Waals surface area contributed by atoms with Crippen molar-refractivity contribution >= 4 is 26.7 Å². The highest BCUT2D eigenvalue weighted by molar-refractivity contribution is 7.90. The number of para-hydroxylation sites is 1. The van der Waals surface area contributed by atoms with Gasteiger partial charge in [-0.3, -0.25) is 4.79 Å². The van der Waals surface area contributed by atoms with E-state index in [1.807, 2.05) is 6.07 Å². The minimum absolute atomic E-state index is 0.00776. The molecule has 3 rings (SSSR count). The van der Waals surface area contributed by atoms with Crippen molar-refractivity contribution in [3.63, 3.8) is 0 Å². The summed E-state index contributed by atoms with van der Waals surface area (Å²) in [6.45, 7) is 2.92. The van der Waals surface area contributed by atoms with Crippen molar-refractivity contribution in [2.24, 2.45) is 0 Å². The van der Waals surface area contributed by atoms with Crippen molar-refractivity contribution in [1.82, 2.24) is 4.57 Å². The summed E-state index contributed by atoms with van der Waals surface area (Å²) in [4.78, 5) is 10.8. The Bertz CT molecular complexity index is 1230. The van der Waals surface area contributed by atoms with Gasteiger partial charge in [-0.1, -0.05) is 24.3 Å². The molecule has 0 bridgehead atoms. The molecule has 0 fully saturated rings. The Kier molecular flexibility index (Phi) is 5.68. The number of esters is 1. The minimum Gasteiger partial charge on any atom is -0.461 e. The second-order valence-electron chi connectivity index (χ2n) is 7.04. The van der Waals surface area contributed by atoms with Crippen LogP contribution in [0.4, 0.5) is 13.2 Å². The van der Waals surface area contributed by atoms with Gasteiger partial charge in [-0.25, -0.2) is 8.42 Å². The first-order valence-electron chi connectivity index (χ1n) is 9.00. The summed E-state index contributed by atoms with van der Waals surface area (Å²) in [5.41, 5.74) is 1.01. The molecule has 160 valence electrons. The summed E-state index contributed by atoms with van der Waals surface area (Å²) in [5.74, 6) is -0.457.